The first kappa shape index (κ1) is 21.6. The Kier molecular flexibility index (Phi) is 5.72. The normalized spacial score (nSPS) is 15.5. The average Bonchev–Trinajstić information content (AvgIpc) is 3.43. The van der Waals surface area contributed by atoms with Crippen LogP contribution in [0.3, 0.4) is 0 Å². The summed E-state index contributed by atoms with van der Waals surface area (Å²) < 4.78 is 1.52. The highest BCUT2D eigenvalue weighted by Gasteiger charge is 2.38. The van der Waals surface area contributed by atoms with Gasteiger partial charge in [-0.15, -0.1) is 11.3 Å². The van der Waals surface area contributed by atoms with Crippen LogP contribution in [0, 0.1) is 0 Å². The summed E-state index contributed by atoms with van der Waals surface area (Å²) in [6.45, 7) is 1.19. The minimum atomic E-state index is -0.722. The lowest BCUT2D eigenvalue weighted by atomic mass is 9.86. The highest BCUT2D eigenvalue weighted by molar-refractivity contribution is 7.12. The molecule has 0 aliphatic carbocycles. The summed E-state index contributed by atoms with van der Waals surface area (Å²) in [5, 5.41) is 12.3. The molecule has 2 amide bonds. The molecule has 0 unspecified atom stereocenters. The van der Waals surface area contributed by atoms with Gasteiger partial charge in [-0.1, -0.05) is 0 Å². The number of rotatable bonds is 6. The number of nitrogens with two attached hydrogens (primary N) is 3. The molecule has 0 saturated carbocycles. The van der Waals surface area contributed by atoms with Gasteiger partial charge in [-0.25, -0.2) is 9.67 Å². The molecule has 4 rings (SSSR count). The van der Waals surface area contributed by atoms with Crippen LogP contribution in [0.1, 0.15) is 23.3 Å². The summed E-state index contributed by atoms with van der Waals surface area (Å²) in [7, 11) is 1.75. The molecule has 1 aliphatic heterocycles. The van der Waals surface area contributed by atoms with Crippen LogP contribution in [-0.4, -0.2) is 52.3 Å². The Morgan fingerprint density at radius 2 is 1.94 bits per heavy atom. The Labute approximate surface area is 188 Å². The molecule has 2 aromatic heterocycles. The number of nitrogens with zero attached hydrogens (tertiary/aromatic N) is 4. The first-order chi connectivity index (χ1) is 15.3. The van der Waals surface area contributed by atoms with E-state index < -0.39 is 5.54 Å². The topological polar surface area (TPSA) is 170 Å². The number of thiazole rings is 1. The smallest absolute Gasteiger partial charge is 0.275 e. The summed E-state index contributed by atoms with van der Waals surface area (Å²) in [5.41, 5.74) is 19.2. The predicted octanol–water partition coefficient (Wildman–Crippen LogP) is 0.789. The van der Waals surface area contributed by atoms with Gasteiger partial charge in [0.2, 0.25) is 11.0 Å². The summed E-state index contributed by atoms with van der Waals surface area (Å²) >= 11 is 1.28. The van der Waals surface area contributed by atoms with Crippen molar-refractivity contribution >= 4 is 45.9 Å². The van der Waals surface area contributed by atoms with Crippen molar-refractivity contribution in [3.63, 3.8) is 0 Å². The van der Waals surface area contributed by atoms with Crippen molar-refractivity contribution in [2.24, 2.45) is 5.73 Å². The molecule has 0 spiro atoms. The maximum Gasteiger partial charge on any atom is 0.275 e. The zero-order valence-corrected chi connectivity index (χ0v) is 18.4. The Bertz CT molecular complexity index is 1150. The lowest BCUT2D eigenvalue weighted by Gasteiger charge is -2.41. The molecular formula is C20H25N9O2S. The molecule has 0 bridgehead atoms. The van der Waals surface area contributed by atoms with Gasteiger partial charge in [-0.05, 0) is 38.1 Å². The van der Waals surface area contributed by atoms with Crippen LogP contribution in [0.2, 0.25) is 0 Å². The molecule has 3 heterocycles. The van der Waals surface area contributed by atoms with Gasteiger partial charge in [-0.2, -0.15) is 5.10 Å². The van der Waals surface area contributed by atoms with Crippen molar-refractivity contribution in [1.29, 1.82) is 0 Å². The summed E-state index contributed by atoms with van der Waals surface area (Å²) in [4.78, 5) is 31.3. The third-order valence-corrected chi connectivity index (χ3v) is 6.53. The van der Waals surface area contributed by atoms with Gasteiger partial charge in [0.1, 0.15) is 11.2 Å². The van der Waals surface area contributed by atoms with Crippen molar-refractivity contribution in [3.8, 4) is 5.13 Å². The van der Waals surface area contributed by atoms with Crippen LogP contribution in [0.15, 0.2) is 36.0 Å². The third kappa shape index (κ3) is 4.09. The maximum absolute atomic E-state index is 12.9. The summed E-state index contributed by atoms with van der Waals surface area (Å²) in [6.07, 6.45) is 4.25. The molecule has 11 nitrogen and oxygen atoms in total. The fourth-order valence-corrected chi connectivity index (χ4v) is 4.52. The molecule has 8 N–H and O–H groups in total. The zero-order valence-electron chi connectivity index (χ0n) is 17.5. The van der Waals surface area contributed by atoms with E-state index in [1.54, 1.807) is 30.8 Å². The van der Waals surface area contributed by atoms with Gasteiger partial charge in [0.25, 0.3) is 5.91 Å². The van der Waals surface area contributed by atoms with Crippen LogP contribution >= 0.6 is 11.3 Å². The molecule has 1 aromatic carbocycles. The second-order valence-electron chi connectivity index (χ2n) is 7.65. The average molecular weight is 456 g/mol. The lowest BCUT2D eigenvalue weighted by molar-refractivity contribution is -0.125. The van der Waals surface area contributed by atoms with Gasteiger partial charge in [-0.3, -0.25) is 9.59 Å². The number of anilines is 4. The number of aromatic nitrogens is 3. The summed E-state index contributed by atoms with van der Waals surface area (Å²) in [6, 6.07) is 5.35. The molecule has 12 heteroatoms. The first-order valence-electron chi connectivity index (χ1n) is 10.0. The van der Waals surface area contributed by atoms with Crippen molar-refractivity contribution in [2.45, 2.75) is 18.4 Å². The molecule has 0 radical (unpaired) electrons. The number of nitrogen functional groups attached to an aromatic ring is 2. The quantitative estimate of drug-likeness (QED) is 0.340. The van der Waals surface area contributed by atoms with Crippen LogP contribution < -0.4 is 32.7 Å². The molecular weight excluding hydrogens is 430 g/mol. The Hall–Kier alpha value is -3.64. The van der Waals surface area contributed by atoms with Gasteiger partial charge in [0, 0.05) is 24.2 Å². The number of amides is 2. The molecule has 32 heavy (non-hydrogen) atoms. The standard InChI is InChI=1S/C20H25N9O2S/c1-24-20(18(23)31)4-6-28(7-5-20)16-3-2-12(21)8-14(16)26-17(30)15-11-32-19(27-15)29-10-13(22)9-25-29/h2-3,8-11,24H,4-7,21-22H2,1H3,(H2,23,31)(H,26,30). The van der Waals surface area contributed by atoms with E-state index in [0.29, 0.717) is 48.1 Å². The van der Waals surface area contributed by atoms with Crippen LogP contribution in [0.4, 0.5) is 22.7 Å². The number of likely N-dealkylation sites (N-methyl/N-ethyl adjacent to an activating group) is 1. The van der Waals surface area contributed by atoms with Crippen molar-refractivity contribution in [2.75, 3.05) is 41.8 Å². The molecule has 168 valence electrons. The predicted molar refractivity (Wildman–Crippen MR) is 125 cm³/mol. The molecule has 3 aromatic rings. The Morgan fingerprint density at radius 1 is 1.19 bits per heavy atom. The number of primary amides is 1. The van der Waals surface area contributed by atoms with Crippen LogP contribution in [-0.2, 0) is 4.79 Å². The lowest BCUT2D eigenvalue weighted by Crippen LogP contribution is -2.59. The van der Waals surface area contributed by atoms with E-state index in [1.807, 2.05) is 6.07 Å². The van der Waals surface area contributed by atoms with E-state index in [0.717, 1.165) is 5.69 Å². The van der Waals surface area contributed by atoms with Gasteiger partial charge >= 0.3 is 0 Å². The number of carbonyl (C=O) groups is 2. The van der Waals surface area contributed by atoms with E-state index in [4.69, 9.17) is 17.2 Å². The van der Waals surface area contributed by atoms with E-state index in [2.05, 4.69) is 25.6 Å². The molecule has 1 aliphatic rings. The minimum Gasteiger partial charge on any atom is -0.399 e. The number of nitrogens with one attached hydrogen (secondary N) is 2. The number of carbonyl (C=O) groups excluding carboxylic acids is 2. The monoisotopic (exact) mass is 455 g/mol. The Balaban J connectivity index is 1.52. The fraction of sp³-hybridized carbons (Fsp3) is 0.300. The SMILES string of the molecule is CNC1(C(N)=O)CCN(c2ccc(N)cc2NC(=O)c2csc(-n3cc(N)cn3)n2)CC1. The van der Waals surface area contributed by atoms with Gasteiger partial charge in [0.05, 0.1) is 29.5 Å². The fourth-order valence-electron chi connectivity index (χ4n) is 3.78. The van der Waals surface area contributed by atoms with E-state index in [9.17, 15) is 9.59 Å². The second-order valence-corrected chi connectivity index (χ2v) is 8.48. The van der Waals surface area contributed by atoms with Crippen molar-refractivity contribution in [3.05, 3.63) is 41.7 Å². The van der Waals surface area contributed by atoms with E-state index >= 15 is 0 Å². The van der Waals surface area contributed by atoms with Crippen LogP contribution in [0.25, 0.3) is 5.13 Å². The number of benzene rings is 1. The number of piperidine rings is 1. The highest BCUT2D eigenvalue weighted by Crippen LogP contribution is 2.33. The first-order valence-corrected chi connectivity index (χ1v) is 10.9. The van der Waals surface area contributed by atoms with Crippen LogP contribution in [0.5, 0.6) is 0 Å². The van der Waals surface area contributed by atoms with Gasteiger partial charge < -0.3 is 32.7 Å². The molecule has 0 atom stereocenters. The largest absolute Gasteiger partial charge is 0.399 e. The van der Waals surface area contributed by atoms with Crippen molar-refractivity contribution in [1.82, 2.24) is 20.1 Å². The second kappa shape index (κ2) is 8.48. The Morgan fingerprint density at radius 3 is 2.56 bits per heavy atom. The highest BCUT2D eigenvalue weighted by atomic mass is 32.1. The minimum absolute atomic E-state index is 0.258. The number of hydrogen-bond donors (Lipinski definition) is 5. The summed E-state index contributed by atoms with van der Waals surface area (Å²) in [5.74, 6) is -0.720. The molecule has 1 fully saturated rings. The van der Waals surface area contributed by atoms with Gasteiger partial charge in [0.15, 0.2) is 0 Å². The maximum atomic E-state index is 12.9. The zero-order chi connectivity index (χ0) is 22.9. The van der Waals surface area contributed by atoms with Crippen molar-refractivity contribution < 1.29 is 9.59 Å². The molecule has 1 saturated heterocycles. The van der Waals surface area contributed by atoms with E-state index in [-0.39, 0.29) is 17.5 Å². The third-order valence-electron chi connectivity index (χ3n) is 5.70. The van der Waals surface area contributed by atoms with E-state index in [1.165, 1.54) is 22.2 Å². The number of hydrogen-bond acceptors (Lipinski definition) is 9.